The van der Waals surface area contributed by atoms with Gasteiger partial charge in [0.1, 0.15) is 5.75 Å². The Bertz CT molecular complexity index is 636. The molecule has 2 N–H and O–H groups in total. The fraction of sp³-hybridized carbons (Fsp3) is 0.353. The second-order valence-electron chi connectivity index (χ2n) is 5.38. The van der Waals surface area contributed by atoms with Gasteiger partial charge in [-0.25, -0.2) is 0 Å². The first-order chi connectivity index (χ1) is 10.0. The second-order valence-corrected chi connectivity index (χ2v) is 5.38. The maximum absolute atomic E-state index is 11.6. The smallest absolute Gasteiger partial charge is 0.225 e. The lowest BCUT2D eigenvalue weighted by Gasteiger charge is -2.17. The molecule has 0 saturated carbocycles. The zero-order valence-electron chi connectivity index (χ0n) is 12.8. The number of amides is 1. The van der Waals surface area contributed by atoms with Crippen molar-refractivity contribution in [3.8, 4) is 5.75 Å². The number of ether oxygens (including phenoxy) is 1. The number of nitrogens with zero attached hydrogens (tertiary/aromatic N) is 1. The van der Waals surface area contributed by atoms with Gasteiger partial charge in [0, 0.05) is 31.1 Å². The molecule has 0 bridgehead atoms. The summed E-state index contributed by atoms with van der Waals surface area (Å²) in [6.45, 7) is 2.28. The molecule has 0 aliphatic rings. The highest BCUT2D eigenvalue weighted by Gasteiger charge is 2.13. The first-order valence-corrected chi connectivity index (χ1v) is 7.11. The molecule has 0 spiro atoms. The van der Waals surface area contributed by atoms with E-state index in [1.54, 1.807) is 19.0 Å². The largest absolute Gasteiger partial charge is 0.492 e. The van der Waals surface area contributed by atoms with Crippen LogP contribution in [0.2, 0.25) is 0 Å². The van der Waals surface area contributed by atoms with E-state index in [-0.39, 0.29) is 11.9 Å². The van der Waals surface area contributed by atoms with Gasteiger partial charge >= 0.3 is 0 Å². The van der Waals surface area contributed by atoms with Gasteiger partial charge in [-0.2, -0.15) is 0 Å². The van der Waals surface area contributed by atoms with Crippen LogP contribution in [0.25, 0.3) is 10.8 Å². The molecule has 4 nitrogen and oxygen atoms in total. The van der Waals surface area contributed by atoms with Crippen molar-refractivity contribution in [2.24, 2.45) is 5.73 Å². The fourth-order valence-corrected chi connectivity index (χ4v) is 2.24. The van der Waals surface area contributed by atoms with Crippen molar-refractivity contribution < 1.29 is 9.53 Å². The van der Waals surface area contributed by atoms with Gasteiger partial charge in [-0.3, -0.25) is 4.79 Å². The number of hydrogen-bond donors (Lipinski definition) is 1. The quantitative estimate of drug-likeness (QED) is 0.919. The molecule has 0 aliphatic carbocycles. The third-order valence-corrected chi connectivity index (χ3v) is 3.46. The normalized spacial score (nSPS) is 12.2. The minimum absolute atomic E-state index is 0.0533. The molecule has 1 amide bonds. The summed E-state index contributed by atoms with van der Waals surface area (Å²) in [4.78, 5) is 13.2. The predicted molar refractivity (Wildman–Crippen MR) is 85.4 cm³/mol. The summed E-state index contributed by atoms with van der Waals surface area (Å²) in [5.41, 5.74) is 6.99. The SMILES string of the molecule is C[C@@H](N)c1ccc2ccccc2c1OCCC(=O)N(C)C. The topological polar surface area (TPSA) is 55.6 Å². The van der Waals surface area contributed by atoms with Crippen molar-refractivity contribution in [1.29, 1.82) is 0 Å². The van der Waals surface area contributed by atoms with Crippen LogP contribution in [0.15, 0.2) is 36.4 Å². The van der Waals surface area contributed by atoms with E-state index in [9.17, 15) is 4.79 Å². The molecule has 2 aromatic carbocycles. The number of benzene rings is 2. The number of fused-ring (bicyclic) bond motifs is 1. The number of nitrogens with two attached hydrogens (primary N) is 1. The molecule has 0 aliphatic heterocycles. The Morgan fingerprint density at radius 3 is 2.62 bits per heavy atom. The summed E-state index contributed by atoms with van der Waals surface area (Å²) in [7, 11) is 3.49. The summed E-state index contributed by atoms with van der Waals surface area (Å²) >= 11 is 0. The van der Waals surface area contributed by atoms with Crippen molar-refractivity contribution in [3.63, 3.8) is 0 Å². The Hall–Kier alpha value is -2.07. The zero-order valence-corrected chi connectivity index (χ0v) is 12.8. The van der Waals surface area contributed by atoms with Crippen LogP contribution in [0.3, 0.4) is 0 Å². The van der Waals surface area contributed by atoms with Gasteiger partial charge in [0.15, 0.2) is 0 Å². The van der Waals surface area contributed by atoms with Gasteiger partial charge < -0.3 is 15.4 Å². The Labute approximate surface area is 125 Å². The van der Waals surface area contributed by atoms with Crippen LogP contribution in [0.5, 0.6) is 5.75 Å². The van der Waals surface area contributed by atoms with Crippen molar-refractivity contribution in [1.82, 2.24) is 4.90 Å². The molecule has 0 heterocycles. The first-order valence-electron chi connectivity index (χ1n) is 7.11. The van der Waals surface area contributed by atoms with E-state index < -0.39 is 0 Å². The Morgan fingerprint density at radius 2 is 1.95 bits per heavy atom. The summed E-state index contributed by atoms with van der Waals surface area (Å²) in [6, 6.07) is 12.0. The molecule has 2 aromatic rings. The number of carbonyl (C=O) groups is 1. The van der Waals surface area contributed by atoms with Crippen LogP contribution in [0, 0.1) is 0 Å². The molecule has 0 aromatic heterocycles. The lowest BCUT2D eigenvalue weighted by molar-refractivity contribution is -0.129. The van der Waals surface area contributed by atoms with Crippen LogP contribution in [-0.4, -0.2) is 31.5 Å². The molecule has 112 valence electrons. The highest BCUT2D eigenvalue weighted by molar-refractivity contribution is 5.89. The van der Waals surface area contributed by atoms with Gasteiger partial charge in [-0.05, 0) is 12.3 Å². The predicted octanol–water partition coefficient (Wildman–Crippen LogP) is 2.72. The van der Waals surface area contributed by atoms with Crippen molar-refractivity contribution in [3.05, 3.63) is 42.0 Å². The molecule has 2 rings (SSSR count). The van der Waals surface area contributed by atoms with E-state index in [0.29, 0.717) is 13.0 Å². The molecule has 0 fully saturated rings. The van der Waals surface area contributed by atoms with Gasteiger partial charge in [0.25, 0.3) is 0 Å². The van der Waals surface area contributed by atoms with Crippen LogP contribution < -0.4 is 10.5 Å². The molecule has 21 heavy (non-hydrogen) atoms. The summed E-state index contributed by atoms with van der Waals surface area (Å²) in [5.74, 6) is 0.840. The van der Waals surface area contributed by atoms with E-state index >= 15 is 0 Å². The molecular weight excluding hydrogens is 264 g/mol. The van der Waals surface area contributed by atoms with E-state index in [4.69, 9.17) is 10.5 Å². The van der Waals surface area contributed by atoms with Gasteiger partial charge in [0.2, 0.25) is 5.91 Å². The molecular formula is C17H22N2O2. The number of rotatable bonds is 5. The lowest BCUT2D eigenvalue weighted by atomic mass is 10.0. The van der Waals surface area contributed by atoms with E-state index in [0.717, 1.165) is 22.1 Å². The van der Waals surface area contributed by atoms with Crippen molar-refractivity contribution >= 4 is 16.7 Å². The lowest BCUT2D eigenvalue weighted by Crippen LogP contribution is -2.23. The first kappa shape index (κ1) is 15.3. The second kappa shape index (κ2) is 6.59. The summed E-state index contributed by atoms with van der Waals surface area (Å²) in [6.07, 6.45) is 0.356. The highest BCUT2D eigenvalue weighted by atomic mass is 16.5. The Kier molecular flexibility index (Phi) is 4.81. The molecule has 0 saturated heterocycles. The van der Waals surface area contributed by atoms with Crippen LogP contribution >= 0.6 is 0 Å². The summed E-state index contributed by atoms with van der Waals surface area (Å²) < 4.78 is 5.91. The van der Waals surface area contributed by atoms with Gasteiger partial charge in [0.05, 0.1) is 13.0 Å². The van der Waals surface area contributed by atoms with E-state index in [1.807, 2.05) is 43.3 Å². The molecule has 0 radical (unpaired) electrons. The van der Waals surface area contributed by atoms with Crippen molar-refractivity contribution in [2.75, 3.05) is 20.7 Å². The maximum Gasteiger partial charge on any atom is 0.225 e. The third-order valence-electron chi connectivity index (χ3n) is 3.46. The number of hydrogen-bond acceptors (Lipinski definition) is 3. The van der Waals surface area contributed by atoms with Gasteiger partial charge in [-0.15, -0.1) is 0 Å². The monoisotopic (exact) mass is 286 g/mol. The average molecular weight is 286 g/mol. The van der Waals surface area contributed by atoms with Crippen LogP contribution in [0.4, 0.5) is 0 Å². The van der Waals surface area contributed by atoms with Crippen LogP contribution in [0.1, 0.15) is 24.9 Å². The molecule has 1 atom stereocenters. The number of carbonyl (C=O) groups excluding carboxylic acids is 1. The molecule has 4 heteroatoms. The Balaban J connectivity index is 2.27. The highest BCUT2D eigenvalue weighted by Crippen LogP contribution is 2.33. The summed E-state index contributed by atoms with van der Waals surface area (Å²) in [5, 5.41) is 2.14. The van der Waals surface area contributed by atoms with Crippen LogP contribution in [-0.2, 0) is 4.79 Å². The maximum atomic E-state index is 11.6. The van der Waals surface area contributed by atoms with Gasteiger partial charge in [-0.1, -0.05) is 36.4 Å². The zero-order chi connectivity index (χ0) is 15.4. The Morgan fingerprint density at radius 1 is 1.24 bits per heavy atom. The standard InChI is InChI=1S/C17H22N2O2/c1-12(18)14-9-8-13-6-4-5-7-15(13)17(14)21-11-10-16(20)19(2)3/h4-9,12H,10-11,18H2,1-3H3/t12-/m1/s1. The van der Waals surface area contributed by atoms with E-state index in [2.05, 4.69) is 0 Å². The fourth-order valence-electron chi connectivity index (χ4n) is 2.24. The minimum atomic E-state index is -0.117. The van der Waals surface area contributed by atoms with E-state index in [1.165, 1.54) is 0 Å². The average Bonchev–Trinajstić information content (AvgIpc) is 2.46. The molecule has 0 unspecified atom stereocenters. The minimum Gasteiger partial charge on any atom is -0.492 e. The van der Waals surface area contributed by atoms with Crippen molar-refractivity contribution in [2.45, 2.75) is 19.4 Å². The third kappa shape index (κ3) is 3.52.